The molecule has 0 unspecified atom stereocenters. The Balaban J connectivity index is 2.61. The summed E-state index contributed by atoms with van der Waals surface area (Å²) in [7, 11) is 0. The van der Waals surface area contributed by atoms with Gasteiger partial charge in [0.15, 0.2) is 0 Å². The van der Waals surface area contributed by atoms with Crippen molar-refractivity contribution < 1.29 is 19.8 Å². The Labute approximate surface area is 88.4 Å². The smallest absolute Gasteiger partial charge is 0.365 e. The van der Waals surface area contributed by atoms with Crippen molar-refractivity contribution in [1.82, 2.24) is 4.98 Å². The number of aryl methyl sites for hydroxylation is 1. The van der Waals surface area contributed by atoms with Gasteiger partial charge in [-0.2, -0.15) is 0 Å². The van der Waals surface area contributed by atoms with E-state index in [0.717, 1.165) is 11.3 Å². The molecular formula is C7H8N2O5S. The lowest BCUT2D eigenvalue weighted by atomic mass is 10.3. The second-order valence-corrected chi connectivity index (χ2v) is 3.72. The van der Waals surface area contributed by atoms with E-state index < -0.39 is 11.1 Å². The highest BCUT2D eigenvalue weighted by molar-refractivity contribution is 7.13. The van der Waals surface area contributed by atoms with Crippen LogP contribution in [0.3, 0.4) is 0 Å². The van der Waals surface area contributed by atoms with Crippen molar-refractivity contribution >= 4 is 17.3 Å². The normalized spacial score (nSPS) is 9.93. The highest BCUT2D eigenvalue weighted by Crippen LogP contribution is 2.18. The van der Waals surface area contributed by atoms with Crippen molar-refractivity contribution in [2.24, 2.45) is 0 Å². The molecule has 1 rings (SSSR count). The van der Waals surface area contributed by atoms with Gasteiger partial charge >= 0.3 is 5.97 Å². The molecule has 15 heavy (non-hydrogen) atoms. The monoisotopic (exact) mass is 232 g/mol. The maximum Gasteiger partial charge on any atom is 0.365 e. The van der Waals surface area contributed by atoms with Crippen LogP contribution < -0.4 is 0 Å². The lowest BCUT2D eigenvalue weighted by Gasteiger charge is -1.96. The SMILES string of the molecule is Cc1nc(C(=O)O)sc1CCO[N+](=O)[O-]. The standard InChI is InChI=1S/C7H8N2O5S/c1-4-5(2-3-14-9(12)13)15-6(8-4)7(10)11/h2-3H2,1H3,(H,10,11). The molecule has 0 aromatic carbocycles. The van der Waals surface area contributed by atoms with Crippen LogP contribution in [0.25, 0.3) is 0 Å². The van der Waals surface area contributed by atoms with Crippen LogP contribution in [0.1, 0.15) is 20.4 Å². The van der Waals surface area contributed by atoms with Crippen molar-refractivity contribution in [3.63, 3.8) is 0 Å². The average molecular weight is 232 g/mol. The highest BCUT2D eigenvalue weighted by atomic mass is 32.1. The molecule has 0 bridgehead atoms. The molecule has 82 valence electrons. The largest absolute Gasteiger partial charge is 0.476 e. The van der Waals surface area contributed by atoms with Crippen molar-refractivity contribution in [3.05, 3.63) is 25.7 Å². The van der Waals surface area contributed by atoms with E-state index >= 15 is 0 Å². The van der Waals surface area contributed by atoms with Crippen LogP contribution >= 0.6 is 11.3 Å². The first-order valence-corrected chi connectivity index (χ1v) is 4.79. The molecule has 1 aromatic heterocycles. The van der Waals surface area contributed by atoms with Gasteiger partial charge in [0.2, 0.25) is 5.01 Å². The summed E-state index contributed by atoms with van der Waals surface area (Å²) < 4.78 is 0. The number of hydrogen-bond donors (Lipinski definition) is 1. The van der Waals surface area contributed by atoms with Gasteiger partial charge in [-0.3, -0.25) is 0 Å². The Morgan fingerprint density at radius 3 is 2.87 bits per heavy atom. The first kappa shape index (κ1) is 11.4. The van der Waals surface area contributed by atoms with Gasteiger partial charge in [0, 0.05) is 11.3 Å². The first-order valence-electron chi connectivity index (χ1n) is 3.97. The third-order valence-corrected chi connectivity index (χ3v) is 2.81. The molecule has 1 aromatic rings. The van der Waals surface area contributed by atoms with Crippen LogP contribution in [-0.4, -0.2) is 27.8 Å². The van der Waals surface area contributed by atoms with Gasteiger partial charge in [-0.25, -0.2) is 9.78 Å². The zero-order valence-electron chi connectivity index (χ0n) is 7.80. The van der Waals surface area contributed by atoms with E-state index in [1.807, 2.05) is 0 Å². The van der Waals surface area contributed by atoms with E-state index in [0.29, 0.717) is 10.6 Å². The molecule has 0 aliphatic carbocycles. The lowest BCUT2D eigenvalue weighted by molar-refractivity contribution is -0.757. The van der Waals surface area contributed by atoms with Gasteiger partial charge in [0.1, 0.15) is 6.61 Å². The van der Waals surface area contributed by atoms with Gasteiger partial charge in [-0.15, -0.1) is 21.5 Å². The zero-order valence-corrected chi connectivity index (χ0v) is 8.61. The summed E-state index contributed by atoms with van der Waals surface area (Å²) in [5.74, 6) is -1.09. The molecule has 0 aliphatic heterocycles. The topological polar surface area (TPSA) is 103 Å². The minimum Gasteiger partial charge on any atom is -0.476 e. The van der Waals surface area contributed by atoms with Gasteiger partial charge in [0.05, 0.1) is 5.69 Å². The van der Waals surface area contributed by atoms with Crippen LogP contribution in [0.15, 0.2) is 0 Å². The number of rotatable bonds is 5. The third kappa shape index (κ3) is 3.17. The molecule has 0 saturated heterocycles. The van der Waals surface area contributed by atoms with Crippen molar-refractivity contribution in [2.45, 2.75) is 13.3 Å². The van der Waals surface area contributed by atoms with Crippen LogP contribution in [0, 0.1) is 17.0 Å². The second-order valence-electron chi connectivity index (χ2n) is 2.64. The molecule has 0 atom stereocenters. The van der Waals surface area contributed by atoms with Crippen LogP contribution in [-0.2, 0) is 11.3 Å². The Morgan fingerprint density at radius 1 is 1.73 bits per heavy atom. The molecule has 0 amide bonds. The number of carbonyl (C=O) groups is 1. The molecule has 0 fully saturated rings. The zero-order chi connectivity index (χ0) is 11.4. The molecular weight excluding hydrogens is 224 g/mol. The van der Waals surface area contributed by atoms with E-state index in [4.69, 9.17) is 5.11 Å². The van der Waals surface area contributed by atoms with Crippen LogP contribution in [0.4, 0.5) is 0 Å². The van der Waals surface area contributed by atoms with Crippen LogP contribution in [0.2, 0.25) is 0 Å². The molecule has 0 spiro atoms. The molecule has 1 heterocycles. The maximum absolute atomic E-state index is 10.6. The number of carboxylic acid groups (broad SMARTS) is 1. The fourth-order valence-electron chi connectivity index (χ4n) is 0.964. The summed E-state index contributed by atoms with van der Waals surface area (Å²) in [5.41, 5.74) is 0.573. The Kier molecular flexibility index (Phi) is 3.56. The van der Waals surface area contributed by atoms with E-state index in [-0.39, 0.29) is 18.0 Å². The van der Waals surface area contributed by atoms with E-state index in [2.05, 4.69) is 9.82 Å². The third-order valence-electron chi connectivity index (χ3n) is 1.60. The second kappa shape index (κ2) is 4.69. The predicted molar refractivity (Wildman–Crippen MR) is 50.5 cm³/mol. The lowest BCUT2D eigenvalue weighted by Crippen LogP contribution is -2.04. The maximum atomic E-state index is 10.6. The Bertz CT molecular complexity index is 389. The number of aromatic nitrogens is 1. The fourth-order valence-corrected chi connectivity index (χ4v) is 1.85. The summed E-state index contributed by atoms with van der Waals surface area (Å²) in [6.45, 7) is 1.57. The summed E-state index contributed by atoms with van der Waals surface area (Å²) >= 11 is 1.01. The van der Waals surface area contributed by atoms with Gasteiger partial charge in [-0.1, -0.05) is 0 Å². The number of thiazole rings is 1. The number of hydrogen-bond acceptors (Lipinski definition) is 6. The number of nitrogens with zero attached hydrogens (tertiary/aromatic N) is 2. The number of aromatic carboxylic acids is 1. The minimum absolute atomic E-state index is 0.0106. The quantitative estimate of drug-likeness (QED) is 0.597. The number of carboxylic acids is 1. The summed E-state index contributed by atoms with van der Waals surface area (Å²) in [6.07, 6.45) is 0.289. The van der Waals surface area contributed by atoms with Crippen molar-refractivity contribution in [3.8, 4) is 0 Å². The van der Waals surface area contributed by atoms with Gasteiger partial charge in [-0.05, 0) is 6.92 Å². The summed E-state index contributed by atoms with van der Waals surface area (Å²) in [4.78, 5) is 29.0. The fraction of sp³-hybridized carbons (Fsp3) is 0.429. The Morgan fingerprint density at radius 2 is 2.40 bits per heavy atom. The molecule has 7 nitrogen and oxygen atoms in total. The van der Waals surface area contributed by atoms with Gasteiger partial charge in [0.25, 0.3) is 5.09 Å². The highest BCUT2D eigenvalue weighted by Gasteiger charge is 2.13. The Hall–Kier alpha value is -1.70. The van der Waals surface area contributed by atoms with Crippen molar-refractivity contribution in [1.29, 1.82) is 0 Å². The van der Waals surface area contributed by atoms with E-state index in [1.54, 1.807) is 6.92 Å². The summed E-state index contributed by atoms with van der Waals surface area (Å²) in [5, 5.41) is 17.6. The average Bonchev–Trinajstić information content (AvgIpc) is 2.47. The van der Waals surface area contributed by atoms with E-state index in [9.17, 15) is 14.9 Å². The van der Waals surface area contributed by atoms with Crippen molar-refractivity contribution in [2.75, 3.05) is 6.61 Å². The molecule has 0 radical (unpaired) electrons. The molecule has 8 heteroatoms. The van der Waals surface area contributed by atoms with Gasteiger partial charge < -0.3 is 9.94 Å². The molecule has 0 saturated carbocycles. The molecule has 0 aliphatic rings. The molecule has 1 N–H and O–H groups in total. The summed E-state index contributed by atoms with van der Waals surface area (Å²) in [6, 6.07) is 0. The minimum atomic E-state index is -1.09. The van der Waals surface area contributed by atoms with Crippen LogP contribution in [0.5, 0.6) is 0 Å². The predicted octanol–water partition coefficient (Wildman–Crippen LogP) is 0.901. The van der Waals surface area contributed by atoms with E-state index in [1.165, 1.54) is 0 Å². The first-order chi connectivity index (χ1) is 7.00.